The van der Waals surface area contributed by atoms with Crippen LogP contribution in [0.3, 0.4) is 0 Å². The van der Waals surface area contributed by atoms with Crippen molar-refractivity contribution in [1.82, 2.24) is 14.8 Å². The van der Waals surface area contributed by atoms with Crippen molar-refractivity contribution in [3.05, 3.63) is 29.7 Å². The molecule has 0 radical (unpaired) electrons. The van der Waals surface area contributed by atoms with E-state index in [1.807, 2.05) is 23.9 Å². The summed E-state index contributed by atoms with van der Waals surface area (Å²) < 4.78 is 14.3. The maximum Gasteiger partial charge on any atom is 0.192 e. The molecule has 7 heteroatoms. The Bertz CT molecular complexity index is 862. The Hall–Kier alpha value is -1.29. The van der Waals surface area contributed by atoms with E-state index in [0.29, 0.717) is 13.3 Å². The fourth-order valence-electron chi connectivity index (χ4n) is 2.82. The molecule has 2 rings (SSSR count). The summed E-state index contributed by atoms with van der Waals surface area (Å²) in [5, 5.41) is 5.79. The number of hydrogen-bond donors (Lipinski definition) is 0. The molecule has 0 saturated carbocycles. The van der Waals surface area contributed by atoms with Gasteiger partial charge in [0.15, 0.2) is 8.32 Å². The van der Waals surface area contributed by atoms with Crippen LogP contribution in [0.2, 0.25) is 43.8 Å². The monoisotopic (exact) mass is 433 g/mol. The van der Waals surface area contributed by atoms with Crippen LogP contribution in [0.5, 0.6) is 0 Å². The van der Waals surface area contributed by atoms with Crippen molar-refractivity contribution >= 4 is 33.4 Å². The van der Waals surface area contributed by atoms with Crippen LogP contribution in [-0.4, -0.2) is 37.8 Å². The van der Waals surface area contributed by atoms with Crippen LogP contribution >= 0.6 is 0 Å². The van der Waals surface area contributed by atoms with Crippen LogP contribution in [0.25, 0.3) is 17.0 Å². The van der Waals surface area contributed by atoms with Crippen LogP contribution in [0.15, 0.2) is 12.8 Å². The van der Waals surface area contributed by atoms with E-state index in [0.717, 1.165) is 40.5 Å². The van der Waals surface area contributed by atoms with Crippen LogP contribution in [0.4, 0.5) is 0 Å². The maximum absolute atomic E-state index is 6.45. The standard InChI is InChI=1S/C22H39N3O2Si2/c1-11-18-17(2)24-20(15-27-29(9,10)22(3,4)5)19-14-23-25(21(18)19)16-26-12-13-28(6,7)8/h11,14H,1,12-13,15-16H2,2-10H3. The second-order valence-corrected chi connectivity index (χ2v) is 21.0. The van der Waals surface area contributed by atoms with Gasteiger partial charge in [0.25, 0.3) is 0 Å². The highest BCUT2D eigenvalue weighted by Crippen LogP contribution is 2.37. The van der Waals surface area contributed by atoms with Crippen molar-refractivity contribution in [2.75, 3.05) is 6.61 Å². The van der Waals surface area contributed by atoms with Gasteiger partial charge in [0, 0.05) is 31.3 Å². The molecule has 0 amide bonds. The molecule has 0 aromatic carbocycles. The average molecular weight is 434 g/mol. The molecule has 2 heterocycles. The third-order valence-corrected chi connectivity index (χ3v) is 12.1. The van der Waals surface area contributed by atoms with E-state index in [9.17, 15) is 0 Å². The van der Waals surface area contributed by atoms with E-state index in [-0.39, 0.29) is 5.04 Å². The number of rotatable bonds is 9. The summed E-state index contributed by atoms with van der Waals surface area (Å²) in [6.07, 6.45) is 3.75. The number of aryl methyl sites for hydroxylation is 1. The number of pyridine rings is 1. The molecule has 0 N–H and O–H groups in total. The second-order valence-electron chi connectivity index (χ2n) is 10.6. The van der Waals surface area contributed by atoms with Crippen molar-refractivity contribution in [3.63, 3.8) is 0 Å². The molecule has 162 valence electrons. The van der Waals surface area contributed by atoms with Crippen LogP contribution < -0.4 is 0 Å². The first-order chi connectivity index (χ1) is 13.3. The van der Waals surface area contributed by atoms with E-state index in [4.69, 9.17) is 14.1 Å². The zero-order chi connectivity index (χ0) is 22.0. The van der Waals surface area contributed by atoms with Crippen molar-refractivity contribution in [1.29, 1.82) is 0 Å². The predicted molar refractivity (Wildman–Crippen MR) is 128 cm³/mol. The average Bonchev–Trinajstić information content (AvgIpc) is 2.99. The van der Waals surface area contributed by atoms with E-state index in [1.165, 1.54) is 0 Å². The van der Waals surface area contributed by atoms with E-state index >= 15 is 0 Å². The summed E-state index contributed by atoms with van der Waals surface area (Å²) in [5.74, 6) is 0. The Labute approximate surface area is 178 Å². The predicted octanol–water partition coefficient (Wildman–Crippen LogP) is 6.22. The first-order valence-electron chi connectivity index (χ1n) is 10.5. The van der Waals surface area contributed by atoms with Gasteiger partial charge in [-0.3, -0.25) is 4.98 Å². The molecular weight excluding hydrogens is 394 g/mol. The Kier molecular flexibility index (Phi) is 7.31. The minimum Gasteiger partial charge on any atom is -0.411 e. The number of fused-ring (bicyclic) bond motifs is 1. The molecule has 0 bridgehead atoms. The number of hydrogen-bond acceptors (Lipinski definition) is 4. The zero-order valence-corrected chi connectivity index (χ0v) is 21.8. The molecule has 0 unspecified atom stereocenters. The Morgan fingerprint density at radius 2 is 1.83 bits per heavy atom. The number of aromatic nitrogens is 3. The second kappa shape index (κ2) is 8.83. The van der Waals surface area contributed by atoms with Gasteiger partial charge in [-0.1, -0.05) is 53.1 Å². The summed E-state index contributed by atoms with van der Waals surface area (Å²) in [6.45, 7) is 26.1. The van der Waals surface area contributed by atoms with Gasteiger partial charge in [-0.2, -0.15) is 5.10 Å². The van der Waals surface area contributed by atoms with Gasteiger partial charge >= 0.3 is 0 Å². The molecule has 0 aliphatic carbocycles. The van der Waals surface area contributed by atoms with Crippen molar-refractivity contribution in [2.45, 2.75) is 84.9 Å². The molecular formula is C22H39N3O2Si2. The summed E-state index contributed by atoms with van der Waals surface area (Å²) in [6, 6.07) is 1.15. The molecule has 0 atom stereocenters. The van der Waals surface area contributed by atoms with Gasteiger partial charge in [0.1, 0.15) is 6.73 Å². The van der Waals surface area contributed by atoms with Gasteiger partial charge in [0.05, 0.1) is 24.0 Å². The van der Waals surface area contributed by atoms with E-state index in [2.05, 4.69) is 65.2 Å². The molecule has 2 aromatic heterocycles. The van der Waals surface area contributed by atoms with Gasteiger partial charge in [-0.15, -0.1) is 0 Å². The van der Waals surface area contributed by atoms with E-state index in [1.54, 1.807) is 0 Å². The highest BCUT2D eigenvalue weighted by molar-refractivity contribution is 6.76. The Morgan fingerprint density at radius 1 is 1.17 bits per heavy atom. The number of nitrogens with zero attached hydrogens (tertiary/aromatic N) is 3. The molecule has 0 saturated heterocycles. The summed E-state index contributed by atoms with van der Waals surface area (Å²) in [4.78, 5) is 4.84. The fourth-order valence-corrected chi connectivity index (χ4v) is 4.51. The van der Waals surface area contributed by atoms with E-state index < -0.39 is 16.4 Å². The third-order valence-electron chi connectivity index (χ3n) is 5.89. The zero-order valence-electron chi connectivity index (χ0n) is 19.8. The van der Waals surface area contributed by atoms with Crippen LogP contribution in [0.1, 0.15) is 37.7 Å². The highest BCUT2D eigenvalue weighted by atomic mass is 28.4. The largest absolute Gasteiger partial charge is 0.411 e. The van der Waals surface area contributed by atoms with Gasteiger partial charge in [-0.25, -0.2) is 4.68 Å². The highest BCUT2D eigenvalue weighted by Gasteiger charge is 2.37. The lowest BCUT2D eigenvalue weighted by Gasteiger charge is -2.36. The van der Waals surface area contributed by atoms with Crippen LogP contribution in [-0.2, 0) is 22.5 Å². The molecule has 5 nitrogen and oxygen atoms in total. The third kappa shape index (κ3) is 5.87. The molecule has 0 fully saturated rings. The first kappa shape index (κ1) is 24.0. The molecule has 2 aromatic rings. The normalized spacial score (nSPS) is 13.3. The van der Waals surface area contributed by atoms with Crippen molar-refractivity contribution in [3.8, 4) is 0 Å². The fraction of sp³-hybridized carbons (Fsp3) is 0.636. The van der Waals surface area contributed by atoms with Crippen molar-refractivity contribution in [2.24, 2.45) is 0 Å². The SMILES string of the molecule is C=Cc1c(C)nc(CO[Si](C)(C)C(C)(C)C)c2cnn(COCC[Si](C)(C)C)c12. The minimum atomic E-state index is -1.86. The van der Waals surface area contributed by atoms with Crippen molar-refractivity contribution < 1.29 is 9.16 Å². The topological polar surface area (TPSA) is 49.2 Å². The Morgan fingerprint density at radius 3 is 2.38 bits per heavy atom. The molecule has 0 aliphatic rings. The Balaban J connectivity index is 2.30. The summed E-state index contributed by atoms with van der Waals surface area (Å²) >= 11 is 0. The lowest BCUT2D eigenvalue weighted by Crippen LogP contribution is -2.40. The minimum absolute atomic E-state index is 0.163. The molecule has 0 aliphatic heterocycles. The van der Waals surface area contributed by atoms with Gasteiger partial charge in [-0.05, 0) is 31.1 Å². The lowest BCUT2D eigenvalue weighted by molar-refractivity contribution is 0.0816. The smallest absolute Gasteiger partial charge is 0.192 e. The van der Waals surface area contributed by atoms with Crippen LogP contribution in [0, 0.1) is 6.92 Å². The molecule has 29 heavy (non-hydrogen) atoms. The summed E-state index contributed by atoms with van der Waals surface area (Å²) in [5.41, 5.74) is 3.95. The quantitative estimate of drug-likeness (QED) is 0.348. The summed E-state index contributed by atoms with van der Waals surface area (Å²) in [7, 11) is -2.97. The maximum atomic E-state index is 6.45. The first-order valence-corrected chi connectivity index (χ1v) is 17.1. The number of ether oxygens (including phenoxy) is 1. The lowest BCUT2D eigenvalue weighted by atomic mass is 10.1. The van der Waals surface area contributed by atoms with Gasteiger partial charge in [0.2, 0.25) is 0 Å². The molecule has 0 spiro atoms. The van der Waals surface area contributed by atoms with Gasteiger partial charge < -0.3 is 9.16 Å².